The van der Waals surface area contributed by atoms with Crippen LogP contribution in [-0.4, -0.2) is 75.6 Å². The molecule has 0 aromatic heterocycles. The van der Waals surface area contributed by atoms with E-state index in [0.717, 1.165) is 77.0 Å². The fourth-order valence-corrected chi connectivity index (χ4v) is 6.80. The van der Waals surface area contributed by atoms with Crippen LogP contribution in [0.4, 0.5) is 0 Å². The smallest absolute Gasteiger partial charge is 0.457 e. The van der Waals surface area contributed by atoms with E-state index >= 15 is 0 Å². The summed E-state index contributed by atoms with van der Waals surface area (Å²) in [5, 5.41) is 0. The van der Waals surface area contributed by atoms with Crippen LogP contribution in [0.15, 0.2) is 109 Å². The molecular weight excluding hydrogens is 806 g/mol. The molecule has 9 heteroatoms. The molecule has 0 rings (SSSR count). The summed E-state index contributed by atoms with van der Waals surface area (Å²) in [6.07, 6.45) is 64.4. The van der Waals surface area contributed by atoms with E-state index in [1.54, 1.807) is 0 Å². The zero-order valence-corrected chi connectivity index (χ0v) is 41.7. The largest absolute Gasteiger partial charge is 0.472 e. The Bertz CT molecular complexity index is 1370. The van der Waals surface area contributed by atoms with Gasteiger partial charge in [0.2, 0.25) is 0 Å². The third kappa shape index (κ3) is 50.0. The van der Waals surface area contributed by atoms with Crippen molar-refractivity contribution < 1.29 is 37.3 Å². The van der Waals surface area contributed by atoms with E-state index in [2.05, 4.69) is 111 Å². The summed E-state index contributed by atoms with van der Waals surface area (Å²) in [7, 11) is 1.60. The van der Waals surface area contributed by atoms with E-state index in [4.69, 9.17) is 18.5 Å². The monoisotopic (exact) mass is 899 g/mol. The molecule has 0 aromatic carbocycles. The third-order valence-electron chi connectivity index (χ3n) is 9.83. The normalized spacial score (nSPS) is 14.6. The summed E-state index contributed by atoms with van der Waals surface area (Å²) in [6.45, 7) is 5.34. The highest BCUT2D eigenvalue weighted by atomic mass is 31.2. The van der Waals surface area contributed by atoms with Gasteiger partial charge in [0.1, 0.15) is 19.3 Å². The minimum absolute atomic E-state index is 0.0663. The van der Waals surface area contributed by atoms with Crippen LogP contribution in [0.1, 0.15) is 168 Å². The zero-order valence-electron chi connectivity index (χ0n) is 40.8. The molecule has 0 saturated carbocycles. The van der Waals surface area contributed by atoms with Gasteiger partial charge in [0.25, 0.3) is 0 Å². The SMILES string of the molecule is CC/C=C\C/C=C\C/C=C\C/C=C\C/C=C\C/C=C\CCC(=O)OC(COCCCCCCCCC/C=C\C/C=C\C/C=C\CCCCCCC)COP(=O)(O)OCC[N+](C)(C)C. The van der Waals surface area contributed by atoms with Crippen LogP contribution in [0.25, 0.3) is 0 Å². The number of esters is 1. The summed E-state index contributed by atoms with van der Waals surface area (Å²) < 4.78 is 35.0. The maximum Gasteiger partial charge on any atom is 0.472 e. The molecule has 0 amide bonds. The molecule has 0 aliphatic carbocycles. The number of phosphoric acid groups is 1. The summed E-state index contributed by atoms with van der Waals surface area (Å²) >= 11 is 0. The topological polar surface area (TPSA) is 91.3 Å². The second-order valence-electron chi connectivity index (χ2n) is 17.1. The first-order valence-electron chi connectivity index (χ1n) is 24.6. The average Bonchev–Trinajstić information content (AvgIpc) is 3.24. The van der Waals surface area contributed by atoms with Crippen LogP contribution < -0.4 is 0 Å². The van der Waals surface area contributed by atoms with Gasteiger partial charge in [-0.05, 0) is 89.9 Å². The van der Waals surface area contributed by atoms with Crippen molar-refractivity contribution in [1.82, 2.24) is 0 Å². The first-order valence-corrected chi connectivity index (χ1v) is 26.1. The van der Waals surface area contributed by atoms with Crippen molar-refractivity contribution in [3.05, 3.63) is 109 Å². The van der Waals surface area contributed by atoms with Gasteiger partial charge in [-0.15, -0.1) is 0 Å². The quantitative estimate of drug-likeness (QED) is 0.0214. The van der Waals surface area contributed by atoms with Gasteiger partial charge in [0.15, 0.2) is 0 Å². The lowest BCUT2D eigenvalue weighted by atomic mass is 10.1. The highest BCUT2D eigenvalue weighted by molar-refractivity contribution is 7.47. The Morgan fingerprint density at radius 3 is 1.38 bits per heavy atom. The van der Waals surface area contributed by atoms with E-state index in [1.165, 1.54) is 64.2 Å². The maximum absolute atomic E-state index is 12.7. The van der Waals surface area contributed by atoms with Crippen LogP contribution >= 0.6 is 7.82 Å². The highest BCUT2D eigenvalue weighted by Gasteiger charge is 2.26. The van der Waals surface area contributed by atoms with Gasteiger partial charge in [-0.3, -0.25) is 13.8 Å². The number of allylic oxidation sites excluding steroid dienone is 18. The van der Waals surface area contributed by atoms with Crippen molar-refractivity contribution in [2.45, 2.75) is 174 Å². The summed E-state index contributed by atoms with van der Waals surface area (Å²) in [5.74, 6) is -0.403. The van der Waals surface area contributed by atoms with Crippen LogP contribution in [0.5, 0.6) is 0 Å². The van der Waals surface area contributed by atoms with Crippen LogP contribution in [0.3, 0.4) is 0 Å². The number of hydrogen-bond donors (Lipinski definition) is 1. The second kappa shape index (κ2) is 45.7. The molecule has 2 unspecified atom stereocenters. The van der Waals surface area contributed by atoms with Crippen molar-refractivity contribution >= 4 is 13.8 Å². The van der Waals surface area contributed by atoms with Crippen molar-refractivity contribution in [1.29, 1.82) is 0 Å². The van der Waals surface area contributed by atoms with E-state index < -0.39 is 19.9 Å². The standard InChI is InChI=1S/C54H92NO7P/c1-6-8-10-12-14-16-18-20-22-24-26-27-28-30-32-34-36-38-40-42-44-46-49-59-51-53(52-61-63(57,58)60-50-48-55(3,4)5)62-54(56)47-45-43-41-39-37-35-33-31-29-25-23-21-19-17-15-13-11-9-7-2/h9,11,15,17-18,20-21,23-24,26,28-31,35,37,41,43,53H,6-8,10,12-14,16,19,22,25,27,32-34,36,38-40,42,44-52H2,1-5H3/p+1/b11-9-,17-15-,20-18-,23-21-,26-24-,30-28-,31-29-,37-35-,43-41-. The van der Waals surface area contributed by atoms with E-state index in [0.29, 0.717) is 24.1 Å². The molecule has 2 atom stereocenters. The van der Waals surface area contributed by atoms with Crippen LogP contribution in [0, 0.1) is 0 Å². The van der Waals surface area contributed by atoms with E-state index in [-0.39, 0.29) is 26.2 Å². The van der Waals surface area contributed by atoms with E-state index in [1.807, 2.05) is 33.3 Å². The van der Waals surface area contributed by atoms with Gasteiger partial charge < -0.3 is 18.9 Å². The van der Waals surface area contributed by atoms with Crippen LogP contribution in [0.2, 0.25) is 0 Å². The van der Waals surface area contributed by atoms with Crippen molar-refractivity contribution in [3.8, 4) is 0 Å². The van der Waals surface area contributed by atoms with Crippen molar-refractivity contribution in [3.63, 3.8) is 0 Å². The Kier molecular flexibility index (Phi) is 43.7. The second-order valence-corrected chi connectivity index (χ2v) is 18.6. The molecule has 0 spiro atoms. The fourth-order valence-electron chi connectivity index (χ4n) is 6.05. The Morgan fingerprint density at radius 2 is 0.921 bits per heavy atom. The van der Waals surface area contributed by atoms with E-state index in [9.17, 15) is 14.3 Å². The molecule has 0 radical (unpaired) electrons. The molecular formula is C54H93NO7P+. The molecule has 0 heterocycles. The molecule has 63 heavy (non-hydrogen) atoms. The zero-order chi connectivity index (χ0) is 46.2. The Labute approximate surface area is 387 Å². The van der Waals surface area contributed by atoms with Gasteiger partial charge >= 0.3 is 13.8 Å². The highest BCUT2D eigenvalue weighted by Crippen LogP contribution is 2.43. The minimum atomic E-state index is -4.31. The van der Waals surface area contributed by atoms with Gasteiger partial charge in [0, 0.05) is 13.0 Å². The molecule has 0 aromatic rings. The minimum Gasteiger partial charge on any atom is -0.457 e. The average molecular weight is 899 g/mol. The lowest BCUT2D eigenvalue weighted by molar-refractivity contribution is -0.870. The number of nitrogens with zero attached hydrogens (tertiary/aromatic N) is 1. The van der Waals surface area contributed by atoms with Crippen LogP contribution in [-0.2, 0) is 27.9 Å². The summed E-state index contributed by atoms with van der Waals surface area (Å²) in [4.78, 5) is 22.9. The molecule has 360 valence electrons. The van der Waals surface area contributed by atoms with Gasteiger partial charge in [0.05, 0.1) is 34.4 Å². The van der Waals surface area contributed by atoms with Gasteiger partial charge in [-0.25, -0.2) is 4.57 Å². The van der Waals surface area contributed by atoms with Gasteiger partial charge in [-0.1, -0.05) is 181 Å². The number of carbonyl (C=O) groups excluding carboxylic acids is 1. The number of rotatable bonds is 44. The lowest BCUT2D eigenvalue weighted by Crippen LogP contribution is -2.37. The Balaban J connectivity index is 4.34. The molecule has 0 fully saturated rings. The number of carbonyl (C=O) groups is 1. The predicted molar refractivity (Wildman–Crippen MR) is 270 cm³/mol. The summed E-state index contributed by atoms with van der Waals surface area (Å²) in [5.41, 5.74) is 0. The number of hydrogen-bond acceptors (Lipinski definition) is 6. The molecule has 0 aliphatic heterocycles. The lowest BCUT2D eigenvalue weighted by Gasteiger charge is -2.24. The first kappa shape index (κ1) is 60.2. The molecule has 0 bridgehead atoms. The van der Waals surface area contributed by atoms with Gasteiger partial charge in [-0.2, -0.15) is 0 Å². The third-order valence-corrected chi connectivity index (χ3v) is 10.8. The van der Waals surface area contributed by atoms with Crippen molar-refractivity contribution in [2.75, 3.05) is 54.1 Å². The molecule has 0 aliphatic rings. The number of unbranched alkanes of at least 4 members (excludes halogenated alkanes) is 12. The summed E-state index contributed by atoms with van der Waals surface area (Å²) in [6, 6.07) is 0. The molecule has 1 N–H and O–H groups in total. The number of phosphoric ester groups is 1. The number of likely N-dealkylation sites (N-methyl/N-ethyl adjacent to an activating group) is 1. The fraction of sp³-hybridized carbons (Fsp3) is 0.648. The number of quaternary nitrogens is 1. The first-order chi connectivity index (χ1) is 30.6. The molecule has 0 saturated heterocycles. The molecule has 8 nitrogen and oxygen atoms in total. The Morgan fingerprint density at radius 1 is 0.508 bits per heavy atom. The maximum atomic E-state index is 12.7. The number of ether oxygens (including phenoxy) is 2. The van der Waals surface area contributed by atoms with Crippen molar-refractivity contribution in [2.24, 2.45) is 0 Å². The Hall–Kier alpha value is -2.84. The predicted octanol–water partition coefficient (Wildman–Crippen LogP) is 15.2.